The van der Waals surface area contributed by atoms with Gasteiger partial charge in [0.05, 0.1) is 24.9 Å². The third kappa shape index (κ3) is 6.53. The van der Waals surface area contributed by atoms with Crippen molar-refractivity contribution in [3.05, 3.63) is 96.5 Å². The average Bonchev–Trinajstić information content (AvgIpc) is 2.91. The molecule has 6 nitrogen and oxygen atoms in total. The van der Waals surface area contributed by atoms with Crippen LogP contribution in [0.2, 0.25) is 0 Å². The van der Waals surface area contributed by atoms with Gasteiger partial charge in [-0.15, -0.1) is 0 Å². The Hall–Kier alpha value is -4.19. The van der Waals surface area contributed by atoms with Crippen LogP contribution in [0.25, 0.3) is 16.5 Å². The Balaban J connectivity index is 2.17. The fraction of sp³-hybridized carbons (Fsp3) is 0.258. The Labute approximate surface area is 219 Å². The highest BCUT2D eigenvalue weighted by Gasteiger charge is 2.19. The van der Waals surface area contributed by atoms with Crippen LogP contribution in [-0.2, 0) is 0 Å². The summed E-state index contributed by atoms with van der Waals surface area (Å²) in [4.78, 5) is 22.9. The molecule has 2 aromatic carbocycles. The zero-order chi connectivity index (χ0) is 26.9. The summed E-state index contributed by atoms with van der Waals surface area (Å²) in [5.41, 5.74) is 3.50. The summed E-state index contributed by atoms with van der Waals surface area (Å²) in [5, 5.41) is 0.774. The quantitative estimate of drug-likeness (QED) is 0.152. The maximum absolute atomic E-state index is 13.6. The fourth-order valence-electron chi connectivity index (χ4n) is 3.59. The van der Waals surface area contributed by atoms with Gasteiger partial charge in [0, 0.05) is 10.9 Å². The van der Waals surface area contributed by atoms with E-state index in [0.29, 0.717) is 53.2 Å². The fourth-order valence-corrected chi connectivity index (χ4v) is 3.59. The zero-order valence-electron chi connectivity index (χ0n) is 22.2. The molecule has 1 heterocycles. The molecule has 0 amide bonds. The molecule has 0 saturated carbocycles. The van der Waals surface area contributed by atoms with E-state index in [4.69, 9.17) is 19.2 Å². The van der Waals surface area contributed by atoms with Gasteiger partial charge in [0.15, 0.2) is 11.5 Å². The zero-order valence-corrected chi connectivity index (χ0v) is 22.2. The Kier molecular flexibility index (Phi) is 9.39. The number of allylic oxidation sites excluding steroid dienone is 5. The number of hydrogen-bond donors (Lipinski definition) is 0. The Morgan fingerprint density at radius 1 is 1.05 bits per heavy atom. The molecule has 0 spiro atoms. The summed E-state index contributed by atoms with van der Waals surface area (Å²) < 4.78 is 16.8. The van der Waals surface area contributed by atoms with Crippen LogP contribution < -0.4 is 14.2 Å². The maximum atomic E-state index is 13.6. The van der Waals surface area contributed by atoms with Gasteiger partial charge in [-0.05, 0) is 61.7 Å². The van der Waals surface area contributed by atoms with E-state index in [1.165, 1.54) is 0 Å². The van der Waals surface area contributed by atoms with Crippen LogP contribution in [0.1, 0.15) is 49.6 Å². The normalized spacial score (nSPS) is 11.7. The Morgan fingerprint density at radius 3 is 2.49 bits per heavy atom. The minimum Gasteiger partial charge on any atom is -0.493 e. The maximum Gasteiger partial charge on any atom is 0.230 e. The minimum absolute atomic E-state index is 0.0883. The number of nitrogens with zero attached hydrogens (tertiary/aromatic N) is 2. The van der Waals surface area contributed by atoms with Crippen LogP contribution in [-0.4, -0.2) is 36.1 Å². The molecule has 0 saturated heterocycles. The third-order valence-electron chi connectivity index (χ3n) is 5.77. The molecular formula is C31H34N2O4. The van der Waals surface area contributed by atoms with E-state index < -0.39 is 0 Å². The van der Waals surface area contributed by atoms with E-state index in [0.717, 1.165) is 16.5 Å². The topological polar surface area (TPSA) is 70.5 Å². The largest absolute Gasteiger partial charge is 0.493 e. The van der Waals surface area contributed by atoms with Gasteiger partial charge in [-0.1, -0.05) is 56.9 Å². The van der Waals surface area contributed by atoms with Gasteiger partial charge in [-0.3, -0.25) is 4.79 Å². The van der Waals surface area contributed by atoms with Crippen molar-refractivity contribution in [1.82, 2.24) is 9.97 Å². The number of carbonyl (C=O) groups excluding carboxylic acids is 1. The summed E-state index contributed by atoms with van der Waals surface area (Å²) in [6, 6.07) is 10.6. The second-order valence-electron chi connectivity index (χ2n) is 8.61. The Morgan fingerprint density at radius 2 is 1.84 bits per heavy atom. The molecule has 0 aliphatic rings. The summed E-state index contributed by atoms with van der Waals surface area (Å²) >= 11 is 0. The number of carbonyl (C=O) groups is 1. The molecule has 0 bridgehead atoms. The van der Waals surface area contributed by atoms with E-state index in [1.807, 2.05) is 50.3 Å². The average molecular weight is 499 g/mol. The van der Waals surface area contributed by atoms with E-state index >= 15 is 0 Å². The van der Waals surface area contributed by atoms with E-state index in [2.05, 4.69) is 32.0 Å². The number of methoxy groups -OCH3 is 1. The van der Waals surface area contributed by atoms with Crippen molar-refractivity contribution in [3.8, 4) is 17.2 Å². The highest BCUT2D eigenvalue weighted by molar-refractivity contribution is 6.08. The number of aromatic nitrogens is 2. The second kappa shape index (κ2) is 12.7. The van der Waals surface area contributed by atoms with Crippen LogP contribution in [0.4, 0.5) is 0 Å². The molecule has 3 rings (SSSR count). The van der Waals surface area contributed by atoms with Gasteiger partial charge in [-0.2, -0.15) is 0 Å². The predicted molar refractivity (Wildman–Crippen MR) is 150 cm³/mol. The van der Waals surface area contributed by atoms with Crippen molar-refractivity contribution in [3.63, 3.8) is 0 Å². The lowest BCUT2D eigenvalue weighted by Crippen LogP contribution is -2.10. The first-order valence-corrected chi connectivity index (χ1v) is 12.3. The van der Waals surface area contributed by atoms with Crippen molar-refractivity contribution in [2.75, 3.05) is 20.3 Å². The highest BCUT2D eigenvalue weighted by Crippen LogP contribution is 2.31. The second-order valence-corrected chi connectivity index (χ2v) is 8.61. The lowest BCUT2D eigenvalue weighted by Gasteiger charge is -2.13. The molecular weight excluding hydrogens is 464 g/mol. The lowest BCUT2D eigenvalue weighted by molar-refractivity contribution is 0.102. The standard InChI is InChI=1S/C31H34N2O4/c1-8-17-37-24-14-15-26-25(19-24)29(22(9-2)12-11-21(6)20(4)5)33-31(32-26)30(34)23-13-16-27(35-7)28(18-23)36-10-3/h8-9,11-16,18-20H,1,6,10,17H2,2-5,7H3/b12-11-,22-9+. The van der Waals surface area contributed by atoms with Gasteiger partial charge >= 0.3 is 0 Å². The molecule has 0 aliphatic carbocycles. The van der Waals surface area contributed by atoms with Gasteiger partial charge in [0.2, 0.25) is 11.6 Å². The van der Waals surface area contributed by atoms with Crippen molar-refractivity contribution in [2.45, 2.75) is 27.7 Å². The molecule has 3 aromatic rings. The van der Waals surface area contributed by atoms with Gasteiger partial charge in [0.1, 0.15) is 12.4 Å². The van der Waals surface area contributed by atoms with E-state index in [-0.39, 0.29) is 11.6 Å². The molecule has 37 heavy (non-hydrogen) atoms. The third-order valence-corrected chi connectivity index (χ3v) is 5.77. The molecule has 0 fully saturated rings. The summed E-state index contributed by atoms with van der Waals surface area (Å²) in [7, 11) is 1.56. The van der Waals surface area contributed by atoms with Crippen molar-refractivity contribution < 1.29 is 19.0 Å². The number of ketones is 1. The molecule has 6 heteroatoms. The first kappa shape index (κ1) is 27.4. The van der Waals surface area contributed by atoms with Gasteiger partial charge in [-0.25, -0.2) is 9.97 Å². The lowest BCUT2D eigenvalue weighted by atomic mass is 10.0. The number of benzene rings is 2. The molecule has 192 valence electrons. The van der Waals surface area contributed by atoms with E-state index in [1.54, 1.807) is 31.4 Å². The summed E-state index contributed by atoms with van der Waals surface area (Å²) in [6.45, 7) is 16.7. The van der Waals surface area contributed by atoms with Crippen molar-refractivity contribution in [2.24, 2.45) is 5.92 Å². The van der Waals surface area contributed by atoms with Crippen LogP contribution in [0.5, 0.6) is 17.2 Å². The minimum atomic E-state index is -0.315. The SMILES string of the molecule is C=CCOc1ccc2nc(C(=O)c3ccc(OC)c(OCC)c3)nc(C(/C=C\C(=C)C(C)C)=C/C)c2c1. The number of hydrogen-bond acceptors (Lipinski definition) is 6. The summed E-state index contributed by atoms with van der Waals surface area (Å²) in [6.07, 6.45) is 7.59. The Bertz CT molecular complexity index is 1370. The molecule has 0 radical (unpaired) electrons. The van der Waals surface area contributed by atoms with Gasteiger partial charge < -0.3 is 14.2 Å². The van der Waals surface area contributed by atoms with Crippen molar-refractivity contribution in [1.29, 1.82) is 0 Å². The highest BCUT2D eigenvalue weighted by atomic mass is 16.5. The summed E-state index contributed by atoms with van der Waals surface area (Å²) in [5.74, 6) is 1.79. The number of fused-ring (bicyclic) bond motifs is 1. The van der Waals surface area contributed by atoms with Crippen molar-refractivity contribution >= 4 is 22.3 Å². The van der Waals surface area contributed by atoms with Gasteiger partial charge in [0.25, 0.3) is 0 Å². The first-order valence-electron chi connectivity index (χ1n) is 12.3. The molecule has 1 aromatic heterocycles. The number of ether oxygens (including phenoxy) is 3. The predicted octanol–water partition coefficient (Wildman–Crippen LogP) is 7.00. The molecule has 0 aliphatic heterocycles. The van der Waals surface area contributed by atoms with Crippen LogP contribution in [0.3, 0.4) is 0 Å². The van der Waals surface area contributed by atoms with Crippen LogP contribution in [0, 0.1) is 5.92 Å². The van der Waals surface area contributed by atoms with Crippen LogP contribution in [0.15, 0.2) is 79.4 Å². The molecule has 0 N–H and O–H groups in total. The molecule has 0 atom stereocenters. The monoisotopic (exact) mass is 498 g/mol. The first-order chi connectivity index (χ1) is 17.8. The smallest absolute Gasteiger partial charge is 0.230 e. The number of rotatable bonds is 12. The molecule has 0 unspecified atom stereocenters. The van der Waals surface area contributed by atoms with Crippen LogP contribution >= 0.6 is 0 Å². The van der Waals surface area contributed by atoms with E-state index in [9.17, 15) is 4.79 Å².